The number of halogens is 1. The average Bonchev–Trinajstić information content (AvgIpc) is 3.21. The van der Waals surface area contributed by atoms with Crippen LogP contribution < -0.4 is 4.90 Å². The number of carbonyl (C=O) groups excluding carboxylic acids is 2. The summed E-state index contributed by atoms with van der Waals surface area (Å²) in [6.07, 6.45) is 3.48. The Balaban J connectivity index is 1.64. The third-order valence-electron chi connectivity index (χ3n) is 5.07. The van der Waals surface area contributed by atoms with Gasteiger partial charge in [0.15, 0.2) is 0 Å². The molecule has 3 aliphatic heterocycles. The number of nitrogens with zero attached hydrogens (tertiary/aromatic N) is 1. The van der Waals surface area contributed by atoms with E-state index in [1.54, 1.807) is 4.90 Å². The van der Waals surface area contributed by atoms with Gasteiger partial charge in [-0.3, -0.25) is 9.59 Å². The highest BCUT2D eigenvalue weighted by Crippen LogP contribution is 2.53. The number of fused-ring (bicyclic) bond motifs is 1. The van der Waals surface area contributed by atoms with Crippen LogP contribution in [0.3, 0.4) is 0 Å². The zero-order valence-electron chi connectivity index (χ0n) is 14.1. The fraction of sp³-hybridized carbons (Fsp3) is 0.474. The monoisotopic (exact) mass is 405 g/mol. The molecule has 132 valence electrons. The predicted octanol–water partition coefficient (Wildman–Crippen LogP) is 2.93. The van der Waals surface area contributed by atoms with Gasteiger partial charge in [-0.15, -0.1) is 0 Å². The number of anilines is 1. The van der Waals surface area contributed by atoms with Crippen molar-refractivity contribution in [1.82, 2.24) is 0 Å². The minimum atomic E-state index is -0.724. The number of benzene rings is 1. The standard InChI is InChI=1S/C19H20BrNO4/c1-11(2)9-24-18(23)15-14-7-8-19(25-14)10-21(17(22)16(15)19)13-6-4-3-5-12(13)20/h3-8,11,14-16H,9-10H2,1-2H3/t14-,15+,16-,19+/m0/s1. The van der Waals surface area contributed by atoms with Crippen LogP contribution in [0, 0.1) is 17.8 Å². The molecule has 0 aliphatic carbocycles. The summed E-state index contributed by atoms with van der Waals surface area (Å²) < 4.78 is 12.4. The fourth-order valence-corrected chi connectivity index (χ4v) is 4.49. The summed E-state index contributed by atoms with van der Waals surface area (Å²) in [5, 5.41) is 0. The molecule has 2 fully saturated rings. The lowest BCUT2D eigenvalue weighted by atomic mass is 9.77. The number of carbonyl (C=O) groups is 2. The zero-order chi connectivity index (χ0) is 17.8. The molecule has 4 atom stereocenters. The van der Waals surface area contributed by atoms with Gasteiger partial charge in [-0.1, -0.05) is 38.1 Å². The highest BCUT2D eigenvalue weighted by molar-refractivity contribution is 9.10. The third kappa shape index (κ3) is 2.54. The SMILES string of the molecule is CC(C)COC(=O)[C@@H]1[C@@H]2C=C[C@]3(CN(c4ccccc4Br)C(=O)[C@H]13)O2. The number of hydrogen-bond acceptors (Lipinski definition) is 4. The van der Waals surface area contributed by atoms with Crippen molar-refractivity contribution in [3.8, 4) is 0 Å². The molecule has 4 rings (SSSR count). The molecule has 3 aliphatic rings. The van der Waals surface area contributed by atoms with Gasteiger partial charge in [0.05, 0.1) is 30.9 Å². The lowest BCUT2D eigenvalue weighted by Gasteiger charge is -2.23. The smallest absolute Gasteiger partial charge is 0.312 e. The van der Waals surface area contributed by atoms with Crippen LogP contribution in [0.4, 0.5) is 5.69 Å². The second-order valence-electron chi connectivity index (χ2n) is 7.30. The Morgan fingerprint density at radius 1 is 1.44 bits per heavy atom. The van der Waals surface area contributed by atoms with E-state index in [-0.39, 0.29) is 23.9 Å². The Hall–Kier alpha value is -1.66. The summed E-state index contributed by atoms with van der Waals surface area (Å²) >= 11 is 3.50. The molecule has 2 bridgehead atoms. The van der Waals surface area contributed by atoms with Crippen molar-refractivity contribution in [3.63, 3.8) is 0 Å². The Bertz CT molecular complexity index is 762. The second-order valence-corrected chi connectivity index (χ2v) is 8.15. The lowest BCUT2D eigenvalue weighted by molar-refractivity contribution is -0.153. The number of para-hydroxylation sites is 1. The Morgan fingerprint density at radius 3 is 2.92 bits per heavy atom. The Kier molecular flexibility index (Phi) is 4.00. The van der Waals surface area contributed by atoms with E-state index >= 15 is 0 Å². The summed E-state index contributed by atoms with van der Waals surface area (Å²) in [4.78, 5) is 27.5. The molecule has 1 amide bonds. The Labute approximate surface area is 155 Å². The van der Waals surface area contributed by atoms with Crippen LogP contribution in [0.1, 0.15) is 13.8 Å². The summed E-state index contributed by atoms with van der Waals surface area (Å²) in [6.45, 7) is 4.75. The number of ether oxygens (including phenoxy) is 2. The van der Waals surface area contributed by atoms with Crippen molar-refractivity contribution in [2.75, 3.05) is 18.1 Å². The first-order valence-electron chi connectivity index (χ1n) is 8.53. The summed E-state index contributed by atoms with van der Waals surface area (Å²) in [6, 6.07) is 7.59. The van der Waals surface area contributed by atoms with E-state index in [1.807, 2.05) is 50.3 Å². The molecule has 1 spiro atoms. The zero-order valence-corrected chi connectivity index (χ0v) is 15.7. The normalized spacial score (nSPS) is 32.6. The van der Waals surface area contributed by atoms with Crippen LogP contribution in [0.15, 0.2) is 40.9 Å². The molecule has 1 aromatic carbocycles. The molecule has 25 heavy (non-hydrogen) atoms. The molecular formula is C19H20BrNO4. The first-order chi connectivity index (χ1) is 11.9. The average molecular weight is 406 g/mol. The van der Waals surface area contributed by atoms with E-state index in [1.165, 1.54) is 0 Å². The largest absolute Gasteiger partial charge is 0.465 e. The van der Waals surface area contributed by atoms with Gasteiger partial charge >= 0.3 is 5.97 Å². The third-order valence-corrected chi connectivity index (χ3v) is 5.75. The first kappa shape index (κ1) is 16.8. The van der Waals surface area contributed by atoms with E-state index in [4.69, 9.17) is 9.47 Å². The Morgan fingerprint density at radius 2 is 2.20 bits per heavy atom. The number of amides is 1. The van der Waals surface area contributed by atoms with Gasteiger partial charge in [-0.2, -0.15) is 0 Å². The lowest BCUT2D eigenvalue weighted by Crippen LogP contribution is -2.40. The molecule has 0 N–H and O–H groups in total. The van der Waals surface area contributed by atoms with Gasteiger partial charge < -0.3 is 14.4 Å². The number of hydrogen-bond donors (Lipinski definition) is 0. The maximum Gasteiger partial charge on any atom is 0.312 e. The van der Waals surface area contributed by atoms with Crippen LogP contribution in [0.5, 0.6) is 0 Å². The molecule has 0 saturated carbocycles. The van der Waals surface area contributed by atoms with Crippen molar-refractivity contribution in [2.45, 2.75) is 25.6 Å². The van der Waals surface area contributed by atoms with Crippen LogP contribution in [0.25, 0.3) is 0 Å². The van der Waals surface area contributed by atoms with Crippen molar-refractivity contribution < 1.29 is 19.1 Å². The number of rotatable bonds is 4. The topological polar surface area (TPSA) is 55.8 Å². The summed E-state index contributed by atoms with van der Waals surface area (Å²) in [5.74, 6) is -1.25. The number of esters is 1. The molecule has 0 aromatic heterocycles. The highest BCUT2D eigenvalue weighted by Gasteiger charge is 2.67. The molecular weight excluding hydrogens is 386 g/mol. The summed E-state index contributed by atoms with van der Waals surface area (Å²) in [7, 11) is 0. The molecule has 0 unspecified atom stereocenters. The van der Waals surface area contributed by atoms with Gasteiger partial charge in [0.1, 0.15) is 11.5 Å². The van der Waals surface area contributed by atoms with Crippen LogP contribution in [-0.2, 0) is 19.1 Å². The van der Waals surface area contributed by atoms with Crippen LogP contribution in [-0.4, -0.2) is 36.7 Å². The molecule has 0 radical (unpaired) electrons. The van der Waals surface area contributed by atoms with Crippen LogP contribution >= 0.6 is 15.9 Å². The van der Waals surface area contributed by atoms with Crippen molar-refractivity contribution in [1.29, 1.82) is 0 Å². The molecule has 6 heteroatoms. The second kappa shape index (κ2) is 5.95. The van der Waals surface area contributed by atoms with E-state index in [9.17, 15) is 9.59 Å². The van der Waals surface area contributed by atoms with Gasteiger partial charge in [0.25, 0.3) is 0 Å². The van der Waals surface area contributed by atoms with E-state index in [0.29, 0.717) is 13.2 Å². The van der Waals surface area contributed by atoms with Gasteiger partial charge in [0, 0.05) is 4.47 Å². The minimum Gasteiger partial charge on any atom is -0.465 e. The molecule has 2 saturated heterocycles. The van der Waals surface area contributed by atoms with Crippen LogP contribution in [0.2, 0.25) is 0 Å². The maximum atomic E-state index is 13.2. The van der Waals surface area contributed by atoms with Gasteiger partial charge in [0.2, 0.25) is 5.91 Å². The summed E-state index contributed by atoms with van der Waals surface area (Å²) in [5.41, 5.74) is 0.0736. The predicted molar refractivity (Wildman–Crippen MR) is 96.0 cm³/mol. The highest BCUT2D eigenvalue weighted by atomic mass is 79.9. The molecule has 1 aromatic rings. The van der Waals surface area contributed by atoms with E-state index in [2.05, 4.69) is 15.9 Å². The molecule has 3 heterocycles. The van der Waals surface area contributed by atoms with E-state index in [0.717, 1.165) is 10.2 Å². The fourth-order valence-electron chi connectivity index (χ4n) is 3.99. The van der Waals surface area contributed by atoms with Gasteiger partial charge in [-0.05, 0) is 34.0 Å². The van der Waals surface area contributed by atoms with Crippen molar-refractivity contribution in [2.24, 2.45) is 17.8 Å². The first-order valence-corrected chi connectivity index (χ1v) is 9.32. The molecule has 5 nitrogen and oxygen atoms in total. The van der Waals surface area contributed by atoms with Gasteiger partial charge in [-0.25, -0.2) is 0 Å². The van der Waals surface area contributed by atoms with E-state index < -0.39 is 17.4 Å². The van der Waals surface area contributed by atoms with Crippen molar-refractivity contribution in [3.05, 3.63) is 40.9 Å². The van der Waals surface area contributed by atoms with Crippen molar-refractivity contribution >= 4 is 33.5 Å². The minimum absolute atomic E-state index is 0.0785. The maximum absolute atomic E-state index is 13.2. The quantitative estimate of drug-likeness (QED) is 0.570.